The van der Waals surface area contributed by atoms with Gasteiger partial charge in [-0.1, -0.05) is 187 Å². The van der Waals surface area contributed by atoms with E-state index < -0.39 is 51.8 Å². The number of carbonyl (C=O) groups excluding carboxylic acids is 2. The number of phosphoric acid groups is 1. The number of aliphatic hydroxyl groups excluding tert-OH is 2. The number of esters is 2. The molecule has 56 heavy (non-hydrogen) atoms. The van der Waals surface area contributed by atoms with E-state index in [9.17, 15) is 24.2 Å². The van der Waals surface area contributed by atoms with E-state index >= 15 is 0 Å². The summed E-state index contributed by atoms with van der Waals surface area (Å²) in [7, 11) is -4.61. The van der Waals surface area contributed by atoms with Gasteiger partial charge < -0.3 is 24.6 Å². The molecule has 0 heterocycles. The molecule has 0 aromatic heterocycles. The number of rotatable bonds is 44. The second kappa shape index (κ2) is 41.9. The van der Waals surface area contributed by atoms with Gasteiger partial charge in [-0.2, -0.15) is 0 Å². The Hall–Kier alpha value is -1.29. The molecule has 3 unspecified atom stereocenters. The molecule has 0 saturated heterocycles. The van der Waals surface area contributed by atoms with Crippen molar-refractivity contribution >= 4 is 19.8 Å². The third-order valence-electron chi connectivity index (χ3n) is 10.2. The van der Waals surface area contributed by atoms with Crippen molar-refractivity contribution < 1.29 is 47.8 Å². The number of phosphoric ester groups is 1. The summed E-state index contributed by atoms with van der Waals surface area (Å²) in [6.07, 6.45) is 40.4. The van der Waals surface area contributed by atoms with Crippen molar-refractivity contribution in [2.24, 2.45) is 0 Å². The van der Waals surface area contributed by atoms with E-state index in [0.29, 0.717) is 12.8 Å². The van der Waals surface area contributed by atoms with Gasteiger partial charge in [0.2, 0.25) is 0 Å². The van der Waals surface area contributed by atoms with Gasteiger partial charge in [-0.15, -0.1) is 0 Å². The second-order valence-corrected chi connectivity index (χ2v) is 17.2. The fourth-order valence-corrected chi connectivity index (χ4v) is 7.37. The number of aliphatic hydroxyl groups is 2. The predicted molar refractivity (Wildman–Crippen MR) is 229 cm³/mol. The first kappa shape index (κ1) is 54.7. The van der Waals surface area contributed by atoms with Crippen LogP contribution in [-0.2, 0) is 32.7 Å². The smallest absolute Gasteiger partial charge is 0.462 e. The van der Waals surface area contributed by atoms with Crippen LogP contribution < -0.4 is 0 Å². The van der Waals surface area contributed by atoms with Crippen molar-refractivity contribution in [3.05, 3.63) is 12.2 Å². The fraction of sp³-hybridized carbons (Fsp3) is 0.911. The average molecular weight is 819 g/mol. The number of unbranched alkanes of at least 4 members (excludes halogenated alkanes) is 28. The quantitative estimate of drug-likeness (QED) is 0.0235. The Morgan fingerprint density at radius 3 is 1.32 bits per heavy atom. The van der Waals surface area contributed by atoms with E-state index in [-0.39, 0.29) is 19.4 Å². The van der Waals surface area contributed by atoms with E-state index in [1.54, 1.807) is 0 Å². The summed E-state index contributed by atoms with van der Waals surface area (Å²) in [6.45, 7) is 2.38. The van der Waals surface area contributed by atoms with Crippen LogP contribution in [0.2, 0.25) is 0 Å². The Morgan fingerprint density at radius 1 is 0.518 bits per heavy atom. The third kappa shape index (κ3) is 40.9. The maximum absolute atomic E-state index is 12.6. The minimum atomic E-state index is -4.61. The average Bonchev–Trinajstić information content (AvgIpc) is 3.19. The monoisotopic (exact) mass is 819 g/mol. The predicted octanol–water partition coefficient (Wildman–Crippen LogP) is 12.4. The summed E-state index contributed by atoms with van der Waals surface area (Å²) < 4.78 is 32.7. The lowest BCUT2D eigenvalue weighted by Crippen LogP contribution is -2.29. The van der Waals surface area contributed by atoms with Crippen LogP contribution in [0.3, 0.4) is 0 Å². The van der Waals surface area contributed by atoms with Gasteiger partial charge in [0.1, 0.15) is 12.7 Å². The highest BCUT2D eigenvalue weighted by molar-refractivity contribution is 7.47. The Labute approximate surface area is 343 Å². The lowest BCUT2D eigenvalue weighted by molar-refractivity contribution is -0.161. The molecule has 0 radical (unpaired) electrons. The maximum atomic E-state index is 12.6. The summed E-state index contributed by atoms with van der Waals surface area (Å²) in [4.78, 5) is 35.0. The van der Waals surface area contributed by atoms with Crippen molar-refractivity contribution in [2.75, 3.05) is 26.4 Å². The Bertz CT molecular complexity index is 946. The largest absolute Gasteiger partial charge is 0.472 e. The summed E-state index contributed by atoms with van der Waals surface area (Å²) >= 11 is 0. The van der Waals surface area contributed by atoms with E-state index in [4.69, 9.17) is 23.6 Å². The van der Waals surface area contributed by atoms with Crippen molar-refractivity contribution in [2.45, 2.75) is 238 Å². The lowest BCUT2D eigenvalue weighted by atomic mass is 10.0. The van der Waals surface area contributed by atoms with Gasteiger partial charge in [-0.3, -0.25) is 18.6 Å². The molecule has 0 aliphatic carbocycles. The van der Waals surface area contributed by atoms with Crippen LogP contribution in [0.4, 0.5) is 0 Å². The highest BCUT2D eigenvalue weighted by Gasteiger charge is 2.27. The number of allylic oxidation sites excluding steroid dienone is 2. The van der Waals surface area contributed by atoms with Crippen molar-refractivity contribution in [3.63, 3.8) is 0 Å². The van der Waals surface area contributed by atoms with Crippen LogP contribution in [0.5, 0.6) is 0 Å². The molecule has 0 amide bonds. The fourth-order valence-electron chi connectivity index (χ4n) is 6.58. The van der Waals surface area contributed by atoms with Crippen molar-refractivity contribution in [1.29, 1.82) is 0 Å². The molecule has 0 aliphatic rings. The molecule has 0 fully saturated rings. The first-order chi connectivity index (χ1) is 27.2. The topological polar surface area (TPSA) is 149 Å². The molecule has 0 aromatic carbocycles. The molecule has 10 nitrogen and oxygen atoms in total. The Morgan fingerprint density at radius 2 is 0.875 bits per heavy atom. The van der Waals surface area contributed by atoms with E-state index in [2.05, 4.69) is 26.0 Å². The first-order valence-corrected chi connectivity index (χ1v) is 24.6. The zero-order valence-corrected chi connectivity index (χ0v) is 37.0. The Kier molecular flexibility index (Phi) is 40.9. The zero-order valence-electron chi connectivity index (χ0n) is 36.1. The van der Waals surface area contributed by atoms with E-state index in [0.717, 1.165) is 57.8 Å². The van der Waals surface area contributed by atoms with E-state index in [1.165, 1.54) is 128 Å². The SMILES string of the molecule is CCCCC/C=C\CCCCCCCC(=O)OC(COC(=O)CCCCCCCCCCCCCCCCCCCCCCC)COP(=O)(O)OCC(O)CO. The molecule has 3 atom stereocenters. The minimum Gasteiger partial charge on any atom is -0.462 e. The molecule has 0 rings (SSSR count). The number of hydrogen-bond donors (Lipinski definition) is 3. The molecular formula is C45H87O10P. The van der Waals surface area contributed by atoms with Crippen molar-refractivity contribution in [1.82, 2.24) is 0 Å². The molecule has 3 N–H and O–H groups in total. The molecule has 11 heteroatoms. The van der Waals surface area contributed by atoms with Crippen LogP contribution in [0.15, 0.2) is 12.2 Å². The maximum Gasteiger partial charge on any atom is 0.472 e. The lowest BCUT2D eigenvalue weighted by Gasteiger charge is -2.20. The number of carbonyl (C=O) groups is 2. The third-order valence-corrected chi connectivity index (χ3v) is 11.1. The highest BCUT2D eigenvalue weighted by Crippen LogP contribution is 2.43. The molecule has 0 aliphatic heterocycles. The van der Waals surface area contributed by atoms with Gasteiger partial charge in [0.25, 0.3) is 0 Å². The molecule has 0 saturated carbocycles. The van der Waals surface area contributed by atoms with Gasteiger partial charge in [0.05, 0.1) is 19.8 Å². The van der Waals surface area contributed by atoms with E-state index in [1.807, 2.05) is 0 Å². The molecule has 0 aromatic rings. The van der Waals surface area contributed by atoms with Crippen LogP contribution >= 0.6 is 7.82 Å². The molecule has 0 spiro atoms. The standard InChI is InChI=1S/C45H87O10P/c1-3-5-7-9-11-13-15-17-18-19-20-21-22-23-24-25-27-28-30-32-34-36-44(48)52-40-43(41-54-56(50,51)53-39-42(47)38-46)55-45(49)37-35-33-31-29-26-16-14-12-10-8-6-4-2/h12,14,42-43,46-47H,3-11,13,15-41H2,1-2H3,(H,50,51)/b14-12-. The summed E-state index contributed by atoms with van der Waals surface area (Å²) in [5.41, 5.74) is 0. The summed E-state index contributed by atoms with van der Waals surface area (Å²) in [6, 6.07) is 0. The molecule has 332 valence electrons. The van der Waals surface area contributed by atoms with Crippen LogP contribution in [0, 0.1) is 0 Å². The Balaban J connectivity index is 4.14. The molecular weight excluding hydrogens is 731 g/mol. The summed E-state index contributed by atoms with van der Waals surface area (Å²) in [5.74, 6) is -0.924. The normalized spacial score (nSPS) is 13.9. The molecule has 0 bridgehead atoms. The highest BCUT2D eigenvalue weighted by atomic mass is 31.2. The first-order valence-electron chi connectivity index (χ1n) is 23.1. The van der Waals surface area contributed by atoms with Crippen LogP contribution in [-0.4, -0.2) is 65.7 Å². The minimum absolute atomic E-state index is 0.178. The zero-order chi connectivity index (χ0) is 41.2. The second-order valence-electron chi connectivity index (χ2n) is 15.8. The van der Waals surface area contributed by atoms with Gasteiger partial charge in [-0.25, -0.2) is 4.57 Å². The van der Waals surface area contributed by atoms with Crippen LogP contribution in [0.1, 0.15) is 226 Å². The van der Waals surface area contributed by atoms with Gasteiger partial charge in [-0.05, 0) is 38.5 Å². The number of ether oxygens (including phenoxy) is 2. The van der Waals surface area contributed by atoms with Gasteiger partial charge in [0.15, 0.2) is 6.10 Å². The van der Waals surface area contributed by atoms with Gasteiger partial charge >= 0.3 is 19.8 Å². The van der Waals surface area contributed by atoms with Crippen molar-refractivity contribution in [3.8, 4) is 0 Å². The number of hydrogen-bond acceptors (Lipinski definition) is 9. The van der Waals surface area contributed by atoms with Crippen LogP contribution in [0.25, 0.3) is 0 Å². The van der Waals surface area contributed by atoms with Gasteiger partial charge in [0, 0.05) is 12.8 Å². The summed E-state index contributed by atoms with van der Waals surface area (Å²) in [5, 5.41) is 18.3.